The molecule has 1 aromatic carbocycles. The fraction of sp³-hybridized carbons (Fsp3) is 0.462. The van der Waals surface area contributed by atoms with Gasteiger partial charge >= 0.3 is 0 Å². The monoisotopic (exact) mass is 318 g/mol. The molecule has 0 radical (unpaired) electrons. The van der Waals surface area contributed by atoms with E-state index in [0.29, 0.717) is 11.4 Å². The minimum Gasteiger partial charge on any atom is -0.326 e. The highest BCUT2D eigenvalue weighted by atomic mass is 35.5. The molecule has 0 heterocycles. The maximum atomic E-state index is 11.9. The molecule has 0 fully saturated rings. The number of amides is 1. The summed E-state index contributed by atoms with van der Waals surface area (Å²) in [7, 11) is -3.29. The van der Waals surface area contributed by atoms with Gasteiger partial charge in [-0.2, -0.15) is 0 Å². The molecule has 0 aliphatic carbocycles. The van der Waals surface area contributed by atoms with Crippen LogP contribution in [0.25, 0.3) is 0 Å². The Balaban J connectivity index is 2.75. The lowest BCUT2D eigenvalue weighted by Gasteiger charge is -2.20. The van der Waals surface area contributed by atoms with E-state index in [1.54, 1.807) is 45.0 Å². The number of alkyl halides is 1. The number of hydrogen-bond donors (Lipinski definition) is 2. The molecule has 0 aromatic heterocycles. The zero-order valence-corrected chi connectivity index (χ0v) is 13.3. The largest absolute Gasteiger partial charge is 0.326 e. The Kier molecular flexibility index (Phi) is 5.42. The lowest BCUT2D eigenvalue weighted by molar-refractivity contribution is -0.122. The van der Waals surface area contributed by atoms with Crippen molar-refractivity contribution in [3.63, 3.8) is 0 Å². The van der Waals surface area contributed by atoms with Crippen molar-refractivity contribution < 1.29 is 13.2 Å². The SMILES string of the molecule is CCS(=O)(=O)Nc1ccc(NC(=O)C(C)(C)CCl)cc1. The van der Waals surface area contributed by atoms with Crippen LogP contribution in [0, 0.1) is 5.41 Å². The Bertz CT molecular complexity index is 568. The number of carbonyl (C=O) groups is 1. The van der Waals surface area contributed by atoms with Gasteiger partial charge in [0.2, 0.25) is 15.9 Å². The van der Waals surface area contributed by atoms with Crippen molar-refractivity contribution >= 4 is 38.9 Å². The molecule has 5 nitrogen and oxygen atoms in total. The lowest BCUT2D eigenvalue weighted by atomic mass is 9.95. The molecule has 2 N–H and O–H groups in total. The first-order valence-corrected chi connectivity index (χ1v) is 8.37. The predicted molar refractivity (Wildman–Crippen MR) is 82.7 cm³/mol. The number of halogens is 1. The lowest BCUT2D eigenvalue weighted by Crippen LogP contribution is -2.32. The van der Waals surface area contributed by atoms with Crippen molar-refractivity contribution in [1.82, 2.24) is 0 Å². The summed E-state index contributed by atoms with van der Waals surface area (Å²) in [4.78, 5) is 11.9. The van der Waals surface area contributed by atoms with Crippen molar-refractivity contribution in [3.8, 4) is 0 Å². The second-order valence-corrected chi connectivity index (χ2v) is 7.33. The average molecular weight is 319 g/mol. The van der Waals surface area contributed by atoms with Crippen LogP contribution < -0.4 is 10.0 Å². The van der Waals surface area contributed by atoms with Crippen LogP contribution >= 0.6 is 11.6 Å². The van der Waals surface area contributed by atoms with Gasteiger partial charge in [-0.1, -0.05) is 0 Å². The van der Waals surface area contributed by atoms with Crippen LogP contribution in [-0.4, -0.2) is 26.0 Å². The van der Waals surface area contributed by atoms with Crippen molar-refractivity contribution in [2.24, 2.45) is 5.41 Å². The van der Waals surface area contributed by atoms with Gasteiger partial charge in [-0.05, 0) is 45.0 Å². The molecular weight excluding hydrogens is 300 g/mol. The van der Waals surface area contributed by atoms with Gasteiger partial charge < -0.3 is 5.32 Å². The standard InChI is InChI=1S/C13H19ClN2O3S/c1-4-20(18,19)16-11-7-5-10(6-8-11)15-12(17)13(2,3)9-14/h5-8,16H,4,9H2,1-3H3,(H,15,17). The van der Waals surface area contributed by atoms with Gasteiger partial charge in [-0.25, -0.2) is 8.42 Å². The zero-order valence-electron chi connectivity index (χ0n) is 11.7. The molecule has 1 amide bonds. The van der Waals surface area contributed by atoms with Crippen molar-refractivity contribution in [2.75, 3.05) is 21.7 Å². The van der Waals surface area contributed by atoms with E-state index in [4.69, 9.17) is 11.6 Å². The molecule has 20 heavy (non-hydrogen) atoms. The summed E-state index contributed by atoms with van der Waals surface area (Å²) in [5.41, 5.74) is 0.387. The first kappa shape index (κ1) is 16.8. The van der Waals surface area contributed by atoms with Crippen LogP contribution in [0.5, 0.6) is 0 Å². The summed E-state index contributed by atoms with van der Waals surface area (Å²) < 4.78 is 25.2. The third kappa shape index (κ3) is 4.68. The van der Waals surface area contributed by atoms with Crippen LogP contribution in [0.3, 0.4) is 0 Å². The summed E-state index contributed by atoms with van der Waals surface area (Å²) in [5.74, 6) is 0.0391. The zero-order chi connectivity index (χ0) is 15.4. The highest BCUT2D eigenvalue weighted by Crippen LogP contribution is 2.21. The first-order valence-electron chi connectivity index (χ1n) is 6.18. The second kappa shape index (κ2) is 6.45. The summed E-state index contributed by atoms with van der Waals surface area (Å²) in [5, 5.41) is 2.74. The minimum absolute atomic E-state index is 0.00932. The van der Waals surface area contributed by atoms with Crippen LogP contribution in [0.15, 0.2) is 24.3 Å². The van der Waals surface area contributed by atoms with E-state index in [9.17, 15) is 13.2 Å². The first-order chi connectivity index (χ1) is 9.20. The summed E-state index contributed by atoms with van der Waals surface area (Å²) in [6, 6.07) is 6.46. The number of carbonyl (C=O) groups excluding carboxylic acids is 1. The Labute approximate surface area is 124 Å². The molecule has 0 bridgehead atoms. The Morgan fingerprint density at radius 1 is 1.20 bits per heavy atom. The predicted octanol–water partition coefficient (Wildman–Crippen LogP) is 2.65. The smallest absolute Gasteiger partial charge is 0.232 e. The number of sulfonamides is 1. The van der Waals surface area contributed by atoms with Gasteiger partial charge in [0.05, 0.1) is 11.2 Å². The van der Waals surface area contributed by atoms with E-state index in [1.807, 2.05) is 0 Å². The number of hydrogen-bond acceptors (Lipinski definition) is 3. The molecule has 0 spiro atoms. The molecule has 112 valence electrons. The quantitative estimate of drug-likeness (QED) is 0.792. The van der Waals surface area contributed by atoms with Gasteiger partial charge in [0.25, 0.3) is 0 Å². The molecule has 0 aliphatic heterocycles. The van der Waals surface area contributed by atoms with Gasteiger partial charge in [-0.3, -0.25) is 9.52 Å². The third-order valence-corrected chi connectivity index (χ3v) is 4.72. The molecule has 0 aliphatic rings. The maximum Gasteiger partial charge on any atom is 0.232 e. The van der Waals surface area contributed by atoms with Crippen molar-refractivity contribution in [1.29, 1.82) is 0 Å². The normalized spacial score (nSPS) is 12.0. The number of anilines is 2. The van der Waals surface area contributed by atoms with E-state index in [0.717, 1.165) is 0 Å². The van der Waals surface area contributed by atoms with Crippen molar-refractivity contribution in [3.05, 3.63) is 24.3 Å². The molecule has 0 saturated carbocycles. The molecule has 1 aromatic rings. The van der Waals surface area contributed by atoms with Crippen molar-refractivity contribution in [2.45, 2.75) is 20.8 Å². The molecule has 1 rings (SSSR count). The maximum absolute atomic E-state index is 11.9. The van der Waals surface area contributed by atoms with E-state index in [-0.39, 0.29) is 17.5 Å². The van der Waals surface area contributed by atoms with Gasteiger partial charge in [0.15, 0.2) is 0 Å². The number of rotatable bonds is 6. The molecule has 0 atom stereocenters. The summed E-state index contributed by atoms with van der Waals surface area (Å²) in [6.45, 7) is 5.06. The van der Waals surface area contributed by atoms with E-state index in [1.165, 1.54) is 0 Å². The number of nitrogens with one attached hydrogen (secondary N) is 2. The second-order valence-electron chi connectivity index (χ2n) is 5.05. The summed E-state index contributed by atoms with van der Waals surface area (Å²) >= 11 is 5.73. The highest BCUT2D eigenvalue weighted by Gasteiger charge is 2.26. The van der Waals surface area contributed by atoms with Gasteiger partial charge in [0.1, 0.15) is 0 Å². The topological polar surface area (TPSA) is 75.3 Å². The molecule has 0 unspecified atom stereocenters. The number of benzene rings is 1. The van der Waals surface area contributed by atoms with Crippen LogP contribution in [0.4, 0.5) is 11.4 Å². The van der Waals surface area contributed by atoms with Gasteiger partial charge in [0, 0.05) is 17.3 Å². The third-order valence-electron chi connectivity index (χ3n) is 2.74. The fourth-order valence-electron chi connectivity index (χ4n) is 1.23. The average Bonchev–Trinajstić information content (AvgIpc) is 2.40. The van der Waals surface area contributed by atoms with Gasteiger partial charge in [-0.15, -0.1) is 11.6 Å². The Morgan fingerprint density at radius 2 is 1.70 bits per heavy atom. The highest BCUT2D eigenvalue weighted by molar-refractivity contribution is 7.92. The van der Waals surface area contributed by atoms with Crippen LogP contribution in [-0.2, 0) is 14.8 Å². The van der Waals surface area contributed by atoms with Crippen LogP contribution in [0.2, 0.25) is 0 Å². The van der Waals surface area contributed by atoms with E-state index < -0.39 is 15.4 Å². The summed E-state index contributed by atoms with van der Waals surface area (Å²) in [6.07, 6.45) is 0. The minimum atomic E-state index is -3.29. The molecular formula is C13H19ClN2O3S. The van der Waals surface area contributed by atoms with Crippen LogP contribution in [0.1, 0.15) is 20.8 Å². The fourth-order valence-corrected chi connectivity index (χ4v) is 2.00. The molecule has 7 heteroatoms. The van der Waals surface area contributed by atoms with E-state index >= 15 is 0 Å². The Morgan fingerprint density at radius 3 is 2.15 bits per heavy atom. The van der Waals surface area contributed by atoms with E-state index in [2.05, 4.69) is 10.0 Å². The molecule has 0 saturated heterocycles. The Hall–Kier alpha value is -1.27.